The van der Waals surface area contributed by atoms with E-state index in [2.05, 4.69) is 31.2 Å². The molecule has 0 spiro atoms. The summed E-state index contributed by atoms with van der Waals surface area (Å²) in [6, 6.07) is 12.5. The van der Waals surface area contributed by atoms with Crippen molar-refractivity contribution in [2.24, 2.45) is 0 Å². The Kier molecular flexibility index (Phi) is 3.79. The van der Waals surface area contributed by atoms with E-state index in [9.17, 15) is 5.26 Å². The highest BCUT2D eigenvalue weighted by Gasteiger charge is 2.16. The van der Waals surface area contributed by atoms with Crippen molar-refractivity contribution in [3.63, 3.8) is 0 Å². The Labute approximate surface area is 144 Å². The van der Waals surface area contributed by atoms with Gasteiger partial charge in [0.25, 0.3) is 0 Å². The van der Waals surface area contributed by atoms with Crippen LogP contribution in [-0.2, 0) is 12.8 Å². The van der Waals surface area contributed by atoms with Crippen LogP contribution in [-0.4, -0.2) is 4.98 Å². The summed E-state index contributed by atoms with van der Waals surface area (Å²) in [7, 11) is 0. The molecule has 0 radical (unpaired) electrons. The zero-order valence-corrected chi connectivity index (χ0v) is 14.2. The molecule has 4 rings (SSSR count). The summed E-state index contributed by atoms with van der Waals surface area (Å²) in [5.41, 5.74) is 5.55. The third-order valence-electron chi connectivity index (χ3n) is 4.35. The molecule has 1 aliphatic rings. The third-order valence-corrected chi connectivity index (χ3v) is 5.35. The van der Waals surface area contributed by atoms with Crippen molar-refractivity contribution in [3.8, 4) is 17.3 Å². The van der Waals surface area contributed by atoms with Gasteiger partial charge in [-0.3, -0.25) is 0 Å². The molecule has 24 heavy (non-hydrogen) atoms. The van der Waals surface area contributed by atoms with Crippen LogP contribution in [0.5, 0.6) is 0 Å². The van der Waals surface area contributed by atoms with Crippen LogP contribution in [0.15, 0.2) is 41.0 Å². The van der Waals surface area contributed by atoms with Crippen molar-refractivity contribution in [2.75, 3.05) is 0 Å². The fourth-order valence-electron chi connectivity index (χ4n) is 3.16. The Bertz CT molecular complexity index is 958. The number of aromatic nitrogens is 1. The summed E-state index contributed by atoms with van der Waals surface area (Å²) in [5, 5.41) is 10.2. The fourth-order valence-corrected chi connectivity index (χ4v) is 4.06. The molecule has 2 aromatic heterocycles. The molecule has 0 N–H and O–H groups in total. The van der Waals surface area contributed by atoms with Crippen LogP contribution in [0.3, 0.4) is 0 Å². The summed E-state index contributed by atoms with van der Waals surface area (Å²) in [6.07, 6.45) is 6.92. The van der Waals surface area contributed by atoms with Gasteiger partial charge in [0.15, 0.2) is 0 Å². The Morgan fingerprint density at radius 2 is 2.17 bits per heavy atom. The minimum Gasteiger partial charge on any atom is -0.465 e. The van der Waals surface area contributed by atoms with E-state index < -0.39 is 0 Å². The lowest BCUT2D eigenvalue weighted by molar-refractivity contribution is 0.557. The molecule has 0 atom stereocenters. The summed E-state index contributed by atoms with van der Waals surface area (Å²) in [6.45, 7) is 2.06. The Hall–Kier alpha value is -2.64. The highest BCUT2D eigenvalue weighted by molar-refractivity contribution is 7.13. The van der Waals surface area contributed by atoms with Gasteiger partial charge >= 0.3 is 0 Å². The molecule has 0 fully saturated rings. The minimum atomic E-state index is 0.533. The van der Waals surface area contributed by atoms with Crippen LogP contribution in [0.1, 0.15) is 33.2 Å². The zero-order valence-electron chi connectivity index (χ0n) is 13.4. The minimum absolute atomic E-state index is 0.533. The molecule has 3 nitrogen and oxygen atoms in total. The molecule has 1 aromatic carbocycles. The summed E-state index contributed by atoms with van der Waals surface area (Å²) >= 11 is 1.55. The maximum absolute atomic E-state index is 9.48. The predicted octanol–water partition coefficient (Wildman–Crippen LogP) is 5.26. The van der Waals surface area contributed by atoms with E-state index >= 15 is 0 Å². The predicted molar refractivity (Wildman–Crippen MR) is 96.5 cm³/mol. The van der Waals surface area contributed by atoms with E-state index in [-0.39, 0.29) is 0 Å². The van der Waals surface area contributed by atoms with E-state index in [0.717, 1.165) is 27.6 Å². The van der Waals surface area contributed by atoms with Gasteiger partial charge in [0.2, 0.25) is 0 Å². The molecule has 4 heteroatoms. The highest BCUT2D eigenvalue weighted by atomic mass is 32.1. The topological polar surface area (TPSA) is 49.8 Å². The number of allylic oxidation sites excluding steroid dienone is 1. The van der Waals surface area contributed by atoms with E-state index in [0.29, 0.717) is 11.3 Å². The molecule has 118 valence electrons. The number of nitrogens with zero attached hydrogens (tertiary/aromatic N) is 2. The summed E-state index contributed by atoms with van der Waals surface area (Å²) in [5.74, 6) is 0.665. The molecule has 2 heterocycles. The number of furan rings is 1. The van der Waals surface area contributed by atoms with Crippen molar-refractivity contribution in [1.29, 1.82) is 5.26 Å². The standard InChI is InChI=1S/C20H16N2OS/c1-13-19(16-8-7-14-4-2-5-15(14)10-16)22-20(24-13)17(12-21)11-18-6-3-9-23-18/h3,6-11H,2,4-5H2,1H3/b17-11+. The lowest BCUT2D eigenvalue weighted by Crippen LogP contribution is -1.87. The molecular formula is C20H16N2OS. The van der Waals surface area contributed by atoms with E-state index in [4.69, 9.17) is 9.40 Å². The van der Waals surface area contributed by atoms with Gasteiger partial charge in [-0.05, 0) is 55.5 Å². The fraction of sp³-hybridized carbons (Fsp3) is 0.200. The second-order valence-electron chi connectivity index (χ2n) is 5.95. The van der Waals surface area contributed by atoms with Gasteiger partial charge in [0.05, 0.1) is 17.5 Å². The second-order valence-corrected chi connectivity index (χ2v) is 7.15. The SMILES string of the molecule is Cc1sc(/C(C#N)=C/c2ccco2)nc1-c1ccc2c(c1)CCC2. The maximum atomic E-state index is 9.48. The van der Waals surface area contributed by atoms with Crippen molar-refractivity contribution in [1.82, 2.24) is 4.98 Å². The molecular weight excluding hydrogens is 316 g/mol. The number of nitriles is 1. The molecule has 0 saturated carbocycles. The number of fused-ring (bicyclic) bond motifs is 1. The van der Waals surface area contributed by atoms with E-state index in [1.54, 1.807) is 23.7 Å². The smallest absolute Gasteiger partial charge is 0.135 e. The van der Waals surface area contributed by atoms with Crippen molar-refractivity contribution >= 4 is 23.0 Å². The molecule has 3 aromatic rings. The van der Waals surface area contributed by atoms with Crippen LogP contribution in [0.4, 0.5) is 0 Å². The van der Waals surface area contributed by atoms with Crippen molar-refractivity contribution in [2.45, 2.75) is 26.2 Å². The maximum Gasteiger partial charge on any atom is 0.135 e. The van der Waals surface area contributed by atoms with Gasteiger partial charge in [0.1, 0.15) is 16.8 Å². The summed E-state index contributed by atoms with van der Waals surface area (Å²) in [4.78, 5) is 5.87. The molecule has 0 bridgehead atoms. The zero-order chi connectivity index (χ0) is 16.5. The number of benzene rings is 1. The monoisotopic (exact) mass is 332 g/mol. The Morgan fingerprint density at radius 1 is 1.29 bits per heavy atom. The van der Waals surface area contributed by atoms with E-state index in [1.165, 1.54) is 24.0 Å². The summed E-state index contributed by atoms with van der Waals surface area (Å²) < 4.78 is 5.31. The van der Waals surface area contributed by atoms with Gasteiger partial charge < -0.3 is 4.42 Å². The van der Waals surface area contributed by atoms with Gasteiger partial charge in [0, 0.05) is 16.5 Å². The first kappa shape index (κ1) is 14.9. The number of thiazole rings is 1. The first-order chi connectivity index (χ1) is 11.7. The van der Waals surface area contributed by atoms with Gasteiger partial charge in [-0.15, -0.1) is 11.3 Å². The van der Waals surface area contributed by atoms with Crippen molar-refractivity contribution < 1.29 is 4.42 Å². The molecule has 1 aliphatic carbocycles. The Balaban J connectivity index is 1.73. The lowest BCUT2D eigenvalue weighted by Gasteiger charge is -2.03. The van der Waals surface area contributed by atoms with Crippen LogP contribution in [0.25, 0.3) is 22.9 Å². The lowest BCUT2D eigenvalue weighted by atomic mass is 10.0. The molecule has 0 amide bonds. The van der Waals surface area contributed by atoms with E-state index in [1.807, 2.05) is 12.1 Å². The van der Waals surface area contributed by atoms with Gasteiger partial charge in [-0.1, -0.05) is 12.1 Å². The average molecular weight is 332 g/mol. The first-order valence-corrected chi connectivity index (χ1v) is 8.81. The number of rotatable bonds is 3. The molecule has 0 unspecified atom stereocenters. The third kappa shape index (κ3) is 2.68. The highest BCUT2D eigenvalue weighted by Crippen LogP contribution is 2.34. The molecule has 0 aliphatic heterocycles. The quantitative estimate of drug-likeness (QED) is 0.614. The van der Waals surface area contributed by atoms with Crippen LogP contribution in [0.2, 0.25) is 0 Å². The first-order valence-electron chi connectivity index (χ1n) is 8.00. The number of hydrogen-bond acceptors (Lipinski definition) is 4. The van der Waals surface area contributed by atoms with Gasteiger partial charge in [-0.2, -0.15) is 5.26 Å². The van der Waals surface area contributed by atoms with Crippen LogP contribution in [0, 0.1) is 18.3 Å². The Morgan fingerprint density at radius 3 is 2.96 bits per heavy atom. The largest absolute Gasteiger partial charge is 0.465 e. The number of aryl methyl sites for hydroxylation is 3. The molecule has 0 saturated heterocycles. The van der Waals surface area contributed by atoms with Crippen LogP contribution < -0.4 is 0 Å². The van der Waals surface area contributed by atoms with Crippen LogP contribution >= 0.6 is 11.3 Å². The normalized spacial score (nSPS) is 13.8. The average Bonchev–Trinajstić information content (AvgIpc) is 3.32. The second kappa shape index (κ2) is 6.10. The van der Waals surface area contributed by atoms with Gasteiger partial charge in [-0.25, -0.2) is 4.98 Å². The number of hydrogen-bond donors (Lipinski definition) is 0. The van der Waals surface area contributed by atoms with Crippen molar-refractivity contribution in [3.05, 3.63) is 63.4 Å².